The number of oxime groups is 1. The summed E-state index contributed by atoms with van der Waals surface area (Å²) in [4.78, 5) is 2.26. The van der Waals surface area contributed by atoms with E-state index in [1.807, 2.05) is 12.1 Å². The molecule has 0 saturated heterocycles. The summed E-state index contributed by atoms with van der Waals surface area (Å²) in [5, 5.41) is 12.4. The number of likely N-dealkylation sites (N-methyl/N-ethyl adjacent to an activating group) is 1. The maximum atomic E-state index is 9.11. The second-order valence-corrected chi connectivity index (χ2v) is 5.96. The molecule has 5 heteroatoms. The lowest BCUT2D eigenvalue weighted by molar-refractivity contribution is 0.319. The lowest BCUT2D eigenvalue weighted by Gasteiger charge is -2.16. The zero-order valence-electron chi connectivity index (χ0n) is 14.5. The quantitative estimate of drug-likeness (QED) is 0.530. The molecule has 0 aromatic heterocycles. The minimum absolute atomic E-state index is 0.526. The lowest BCUT2D eigenvalue weighted by Crippen LogP contribution is -2.12. The Morgan fingerprint density at radius 1 is 1.17 bits per heavy atom. The van der Waals surface area contributed by atoms with Crippen molar-refractivity contribution in [2.75, 3.05) is 32.7 Å². The van der Waals surface area contributed by atoms with E-state index in [0.717, 1.165) is 29.7 Å². The van der Waals surface area contributed by atoms with Crippen molar-refractivity contribution in [2.45, 2.75) is 13.3 Å². The summed E-state index contributed by atoms with van der Waals surface area (Å²) in [6.45, 7) is 2.79. The van der Waals surface area contributed by atoms with E-state index in [9.17, 15) is 0 Å². The normalized spacial score (nSPS) is 13.8. The fourth-order valence-electron chi connectivity index (χ4n) is 3.18. The molecule has 24 heavy (non-hydrogen) atoms. The van der Waals surface area contributed by atoms with Crippen LogP contribution in [-0.4, -0.2) is 38.7 Å². The van der Waals surface area contributed by atoms with Crippen molar-refractivity contribution in [1.29, 1.82) is 0 Å². The van der Waals surface area contributed by atoms with Crippen LogP contribution >= 0.6 is 0 Å². The van der Waals surface area contributed by atoms with Gasteiger partial charge in [0.25, 0.3) is 0 Å². The van der Waals surface area contributed by atoms with Crippen LogP contribution in [0, 0.1) is 0 Å². The number of nitrogens with zero attached hydrogens (tertiary/aromatic N) is 2. The van der Waals surface area contributed by atoms with Gasteiger partial charge in [-0.2, -0.15) is 0 Å². The maximum absolute atomic E-state index is 9.11. The van der Waals surface area contributed by atoms with Crippen molar-refractivity contribution < 1.29 is 14.7 Å². The molecule has 0 amide bonds. The molecule has 2 aromatic carbocycles. The fraction of sp³-hybridized carbons (Fsp3) is 0.316. The van der Waals surface area contributed by atoms with Gasteiger partial charge >= 0.3 is 0 Å². The summed E-state index contributed by atoms with van der Waals surface area (Å²) in [7, 11) is 5.35. The molecule has 1 N–H and O–H groups in total. The van der Waals surface area contributed by atoms with Crippen LogP contribution in [0.3, 0.4) is 0 Å². The molecule has 0 atom stereocenters. The largest absolute Gasteiger partial charge is 0.493 e. The highest BCUT2D eigenvalue weighted by Crippen LogP contribution is 2.41. The zero-order valence-corrected chi connectivity index (χ0v) is 14.5. The highest BCUT2D eigenvalue weighted by Gasteiger charge is 2.19. The van der Waals surface area contributed by atoms with Gasteiger partial charge in [0, 0.05) is 30.4 Å². The van der Waals surface area contributed by atoms with Gasteiger partial charge in [0.1, 0.15) is 0 Å². The van der Waals surface area contributed by atoms with Crippen molar-refractivity contribution in [2.24, 2.45) is 5.16 Å². The third kappa shape index (κ3) is 2.66. The Labute approximate surface area is 142 Å². The molecular weight excluding hydrogens is 304 g/mol. The van der Waals surface area contributed by atoms with Crippen LogP contribution in [-0.2, 0) is 6.42 Å². The average molecular weight is 326 g/mol. The van der Waals surface area contributed by atoms with E-state index in [1.165, 1.54) is 11.3 Å². The summed E-state index contributed by atoms with van der Waals surface area (Å²) in [5.74, 6) is 1.30. The second-order valence-electron chi connectivity index (χ2n) is 5.96. The Balaban J connectivity index is 2.19. The van der Waals surface area contributed by atoms with E-state index in [0.29, 0.717) is 17.2 Å². The van der Waals surface area contributed by atoms with Crippen LogP contribution in [0.15, 0.2) is 35.5 Å². The highest BCUT2D eigenvalue weighted by atomic mass is 16.5. The summed E-state index contributed by atoms with van der Waals surface area (Å²) in [6.07, 6.45) is 1.04. The van der Waals surface area contributed by atoms with Gasteiger partial charge in [0.05, 0.1) is 19.9 Å². The zero-order chi connectivity index (χ0) is 17.3. The third-order valence-corrected chi connectivity index (χ3v) is 4.56. The predicted octanol–water partition coefficient (Wildman–Crippen LogP) is 3.56. The molecule has 1 aliphatic heterocycles. The number of fused-ring (bicyclic) bond motifs is 1. The topological polar surface area (TPSA) is 54.3 Å². The van der Waals surface area contributed by atoms with Gasteiger partial charge in [-0.25, -0.2) is 0 Å². The Hall–Kier alpha value is -2.69. The predicted molar refractivity (Wildman–Crippen MR) is 96.0 cm³/mol. The number of methoxy groups -OCH3 is 2. The molecule has 5 nitrogen and oxygen atoms in total. The van der Waals surface area contributed by atoms with Gasteiger partial charge in [0.15, 0.2) is 11.5 Å². The molecule has 126 valence electrons. The Bertz CT molecular complexity index is 799. The van der Waals surface area contributed by atoms with Crippen molar-refractivity contribution in [3.63, 3.8) is 0 Å². The lowest BCUT2D eigenvalue weighted by atomic mass is 9.97. The Kier molecular flexibility index (Phi) is 4.34. The second kappa shape index (κ2) is 6.43. The summed E-state index contributed by atoms with van der Waals surface area (Å²) in [5.41, 5.74) is 5.91. The summed E-state index contributed by atoms with van der Waals surface area (Å²) in [6, 6.07) is 10.2. The molecule has 3 rings (SSSR count). The van der Waals surface area contributed by atoms with Crippen LogP contribution < -0.4 is 14.4 Å². The van der Waals surface area contributed by atoms with Gasteiger partial charge in [-0.15, -0.1) is 0 Å². The average Bonchev–Trinajstić information content (AvgIpc) is 3.00. The van der Waals surface area contributed by atoms with Crippen molar-refractivity contribution in [1.82, 2.24) is 0 Å². The van der Waals surface area contributed by atoms with E-state index >= 15 is 0 Å². The fourth-order valence-corrected chi connectivity index (χ4v) is 3.18. The molecule has 0 saturated carbocycles. The van der Waals surface area contributed by atoms with Gasteiger partial charge in [-0.05, 0) is 48.7 Å². The first-order valence-corrected chi connectivity index (χ1v) is 7.88. The van der Waals surface area contributed by atoms with E-state index in [4.69, 9.17) is 14.7 Å². The molecule has 2 aromatic rings. The van der Waals surface area contributed by atoms with Crippen LogP contribution in [0.1, 0.15) is 18.1 Å². The van der Waals surface area contributed by atoms with Gasteiger partial charge in [0.2, 0.25) is 0 Å². The van der Waals surface area contributed by atoms with Crippen molar-refractivity contribution >= 4 is 11.4 Å². The molecule has 1 aliphatic rings. The van der Waals surface area contributed by atoms with E-state index in [2.05, 4.69) is 35.3 Å². The number of hydrogen-bond acceptors (Lipinski definition) is 5. The van der Waals surface area contributed by atoms with Gasteiger partial charge in [-0.3, -0.25) is 0 Å². The molecule has 0 aliphatic carbocycles. The first-order chi connectivity index (χ1) is 11.6. The van der Waals surface area contributed by atoms with E-state index in [-0.39, 0.29) is 0 Å². The number of benzene rings is 2. The van der Waals surface area contributed by atoms with Crippen molar-refractivity contribution in [3.05, 3.63) is 41.5 Å². The first-order valence-electron chi connectivity index (χ1n) is 7.88. The molecule has 0 unspecified atom stereocenters. The SMILES string of the molecule is COc1cc(/C(C)=N/O)cc(-c2ccc3c(c2)CCN3C)c1OC. The van der Waals surface area contributed by atoms with E-state index in [1.54, 1.807) is 21.1 Å². The Morgan fingerprint density at radius 2 is 1.96 bits per heavy atom. The van der Waals surface area contributed by atoms with Crippen LogP contribution in [0.5, 0.6) is 11.5 Å². The smallest absolute Gasteiger partial charge is 0.168 e. The van der Waals surface area contributed by atoms with Gasteiger partial charge in [-0.1, -0.05) is 11.2 Å². The molecule has 0 radical (unpaired) electrons. The highest BCUT2D eigenvalue weighted by molar-refractivity contribution is 6.00. The summed E-state index contributed by atoms with van der Waals surface area (Å²) < 4.78 is 11.1. The van der Waals surface area contributed by atoms with Crippen LogP contribution in [0.25, 0.3) is 11.1 Å². The third-order valence-electron chi connectivity index (χ3n) is 4.56. The molecule has 0 bridgehead atoms. The first kappa shape index (κ1) is 16.2. The molecule has 1 heterocycles. The van der Waals surface area contributed by atoms with Gasteiger partial charge < -0.3 is 19.6 Å². The monoisotopic (exact) mass is 326 g/mol. The molecular formula is C19H22N2O3. The minimum atomic E-state index is 0.526. The van der Waals surface area contributed by atoms with Crippen LogP contribution in [0.4, 0.5) is 5.69 Å². The number of hydrogen-bond donors (Lipinski definition) is 1. The number of rotatable bonds is 4. The number of anilines is 1. The minimum Gasteiger partial charge on any atom is -0.493 e. The van der Waals surface area contributed by atoms with E-state index < -0.39 is 0 Å². The van der Waals surface area contributed by atoms with Crippen LogP contribution in [0.2, 0.25) is 0 Å². The maximum Gasteiger partial charge on any atom is 0.168 e. The Morgan fingerprint density at radius 3 is 2.62 bits per heavy atom. The molecule has 0 spiro atoms. The standard InChI is InChI=1S/C19H22N2O3/c1-12(20-22)15-10-16(19(24-4)18(11-15)23-3)13-5-6-17-14(9-13)7-8-21(17)2/h5-6,9-11,22H,7-8H2,1-4H3/b20-12+. The summed E-state index contributed by atoms with van der Waals surface area (Å²) >= 11 is 0. The van der Waals surface area contributed by atoms with Crippen molar-refractivity contribution in [3.8, 4) is 22.6 Å². The number of ether oxygens (including phenoxy) is 2. The molecule has 0 fully saturated rings.